The van der Waals surface area contributed by atoms with Crippen LogP contribution in [0.3, 0.4) is 0 Å². The molecule has 1 heterocycles. The van der Waals surface area contributed by atoms with Crippen molar-refractivity contribution in [3.05, 3.63) is 75.6 Å². The lowest BCUT2D eigenvalue weighted by molar-refractivity contribution is -0.479. The van der Waals surface area contributed by atoms with Gasteiger partial charge in [-0.1, -0.05) is 51.1 Å². The molecule has 5 heteroatoms. The van der Waals surface area contributed by atoms with Crippen LogP contribution in [-0.2, 0) is 11.2 Å². The summed E-state index contributed by atoms with van der Waals surface area (Å²) in [6.07, 6.45) is 1.68. The first-order valence-electron chi connectivity index (χ1n) is 7.60. The molecule has 0 aliphatic rings. The quantitative estimate of drug-likeness (QED) is 0.572. The molecule has 0 N–H and O–H groups in total. The van der Waals surface area contributed by atoms with E-state index < -0.39 is 0 Å². The molecule has 0 unspecified atom stereocenters. The van der Waals surface area contributed by atoms with Gasteiger partial charge in [-0.05, 0) is 28.7 Å². The number of benzene rings is 1. The fraction of sp³-hybridized carbons (Fsp3) is 0.389. The predicted octanol–water partition coefficient (Wildman–Crippen LogP) is 4.63. The average molecular weight is 330 g/mol. The number of pyridine rings is 1. The van der Waals surface area contributed by atoms with Gasteiger partial charge >= 0.3 is 0 Å². The summed E-state index contributed by atoms with van der Waals surface area (Å²) >= 11 is 1.57. The zero-order valence-corrected chi connectivity index (χ0v) is 14.5. The molecule has 4 nitrogen and oxygen atoms in total. The molecular formula is C18H22N2O2S. The maximum absolute atomic E-state index is 10.9. The summed E-state index contributed by atoms with van der Waals surface area (Å²) in [5.74, 6) is 0.736. The molecule has 0 saturated carbocycles. The van der Waals surface area contributed by atoms with E-state index in [0.717, 1.165) is 11.4 Å². The Balaban J connectivity index is 2.05. The van der Waals surface area contributed by atoms with Crippen molar-refractivity contribution in [2.75, 3.05) is 6.54 Å². The van der Waals surface area contributed by atoms with E-state index in [0.29, 0.717) is 0 Å². The van der Waals surface area contributed by atoms with Gasteiger partial charge in [0.2, 0.25) is 6.54 Å². The predicted molar refractivity (Wildman–Crippen MR) is 95.3 cm³/mol. The second-order valence-corrected chi connectivity index (χ2v) is 7.71. The van der Waals surface area contributed by atoms with Crippen molar-refractivity contribution in [1.82, 2.24) is 4.98 Å². The number of hydrogen-bond donors (Lipinski definition) is 0. The summed E-state index contributed by atoms with van der Waals surface area (Å²) < 4.78 is 0. The molecule has 1 aromatic heterocycles. The van der Waals surface area contributed by atoms with Crippen LogP contribution in [0.4, 0.5) is 0 Å². The monoisotopic (exact) mass is 330 g/mol. The third-order valence-corrected chi connectivity index (χ3v) is 4.90. The minimum atomic E-state index is -0.269. The van der Waals surface area contributed by atoms with E-state index in [1.807, 2.05) is 18.2 Å². The third-order valence-electron chi connectivity index (χ3n) is 3.60. The van der Waals surface area contributed by atoms with E-state index >= 15 is 0 Å². The highest BCUT2D eigenvalue weighted by molar-refractivity contribution is 7.98. The first-order valence-corrected chi connectivity index (χ1v) is 8.65. The molecule has 0 aliphatic carbocycles. The lowest BCUT2D eigenvalue weighted by Crippen LogP contribution is -2.12. The Morgan fingerprint density at radius 3 is 2.39 bits per heavy atom. The SMILES string of the molecule is CC(C)(C)c1ccc(CS[C@H](C[N+](=O)[O-])c2ccccn2)cc1. The zero-order chi connectivity index (χ0) is 16.9. The summed E-state index contributed by atoms with van der Waals surface area (Å²) in [6.45, 7) is 6.45. The average Bonchev–Trinajstić information content (AvgIpc) is 2.51. The van der Waals surface area contributed by atoms with Crippen molar-refractivity contribution < 1.29 is 4.92 Å². The minimum absolute atomic E-state index is 0.109. The Labute approximate surface area is 141 Å². The summed E-state index contributed by atoms with van der Waals surface area (Å²) in [5.41, 5.74) is 3.36. The fourth-order valence-electron chi connectivity index (χ4n) is 2.23. The normalized spacial score (nSPS) is 12.8. The Bertz CT molecular complexity index is 636. The summed E-state index contributed by atoms with van der Waals surface area (Å²) in [7, 11) is 0. The van der Waals surface area contributed by atoms with Gasteiger partial charge in [-0.25, -0.2) is 0 Å². The Morgan fingerprint density at radius 2 is 1.87 bits per heavy atom. The number of nitro groups is 1. The first-order chi connectivity index (χ1) is 10.9. The topological polar surface area (TPSA) is 56.0 Å². The van der Waals surface area contributed by atoms with Crippen molar-refractivity contribution in [3.63, 3.8) is 0 Å². The number of nitrogens with zero attached hydrogens (tertiary/aromatic N) is 2. The summed E-state index contributed by atoms with van der Waals surface area (Å²) in [6, 6.07) is 14.0. The highest BCUT2D eigenvalue weighted by Crippen LogP contribution is 2.31. The number of rotatable bonds is 6. The number of aromatic nitrogens is 1. The molecule has 1 aromatic carbocycles. The van der Waals surface area contributed by atoms with Crippen molar-refractivity contribution >= 4 is 11.8 Å². The standard InChI is InChI=1S/C18H22N2O2S/c1-18(2,3)15-9-7-14(8-10-15)13-23-17(12-20(21)22)16-6-4-5-11-19-16/h4-11,17H,12-13H2,1-3H3/t17-/m1/s1. The van der Waals surface area contributed by atoms with E-state index in [4.69, 9.17) is 0 Å². The molecule has 0 aliphatic heterocycles. The second-order valence-electron chi connectivity index (χ2n) is 6.52. The van der Waals surface area contributed by atoms with Crippen LogP contribution in [0, 0.1) is 10.1 Å². The maximum atomic E-state index is 10.9. The largest absolute Gasteiger partial charge is 0.264 e. The van der Waals surface area contributed by atoms with Gasteiger partial charge in [0.1, 0.15) is 5.25 Å². The van der Waals surface area contributed by atoms with E-state index in [2.05, 4.69) is 50.0 Å². The van der Waals surface area contributed by atoms with E-state index in [1.165, 1.54) is 11.1 Å². The van der Waals surface area contributed by atoms with Gasteiger partial charge in [-0.3, -0.25) is 15.1 Å². The van der Waals surface area contributed by atoms with Crippen LogP contribution < -0.4 is 0 Å². The molecule has 2 aromatic rings. The molecular weight excluding hydrogens is 308 g/mol. The lowest BCUT2D eigenvalue weighted by Gasteiger charge is -2.19. The van der Waals surface area contributed by atoms with Gasteiger partial charge in [-0.2, -0.15) is 0 Å². The fourth-order valence-corrected chi connectivity index (χ4v) is 3.35. The molecule has 0 amide bonds. The van der Waals surface area contributed by atoms with Crippen molar-refractivity contribution in [2.45, 2.75) is 37.2 Å². The molecule has 122 valence electrons. The molecule has 0 fully saturated rings. The van der Waals surface area contributed by atoms with E-state index in [1.54, 1.807) is 18.0 Å². The lowest BCUT2D eigenvalue weighted by atomic mass is 9.87. The Hall–Kier alpha value is -1.88. The van der Waals surface area contributed by atoms with Crippen LogP contribution in [0.25, 0.3) is 0 Å². The Morgan fingerprint density at radius 1 is 1.17 bits per heavy atom. The smallest absolute Gasteiger partial charge is 0.221 e. The minimum Gasteiger partial charge on any atom is -0.264 e. The van der Waals surface area contributed by atoms with Crippen LogP contribution in [0.2, 0.25) is 0 Å². The molecule has 1 atom stereocenters. The second kappa shape index (κ2) is 7.59. The first kappa shape index (κ1) is 17.5. The van der Waals surface area contributed by atoms with Gasteiger partial charge in [0, 0.05) is 16.9 Å². The molecule has 2 rings (SSSR count). The van der Waals surface area contributed by atoms with Crippen molar-refractivity contribution in [1.29, 1.82) is 0 Å². The summed E-state index contributed by atoms with van der Waals surface area (Å²) in [4.78, 5) is 14.9. The van der Waals surface area contributed by atoms with E-state index in [-0.39, 0.29) is 22.1 Å². The van der Waals surface area contributed by atoms with Crippen molar-refractivity contribution in [2.24, 2.45) is 0 Å². The number of thioether (sulfide) groups is 1. The zero-order valence-electron chi connectivity index (χ0n) is 13.7. The Kier molecular flexibility index (Phi) is 5.77. The van der Waals surface area contributed by atoms with Crippen LogP contribution in [0.1, 0.15) is 42.8 Å². The number of hydrogen-bond acceptors (Lipinski definition) is 4. The molecule has 23 heavy (non-hydrogen) atoms. The van der Waals surface area contributed by atoms with Crippen LogP contribution in [-0.4, -0.2) is 16.5 Å². The summed E-state index contributed by atoms with van der Waals surface area (Å²) in [5, 5.41) is 10.7. The third kappa shape index (κ3) is 5.36. The van der Waals surface area contributed by atoms with E-state index in [9.17, 15) is 10.1 Å². The molecule has 0 bridgehead atoms. The highest BCUT2D eigenvalue weighted by Gasteiger charge is 2.20. The van der Waals surface area contributed by atoms with Crippen LogP contribution in [0.15, 0.2) is 48.7 Å². The van der Waals surface area contributed by atoms with Gasteiger partial charge in [0.05, 0.1) is 5.69 Å². The maximum Gasteiger partial charge on any atom is 0.221 e. The van der Waals surface area contributed by atoms with Gasteiger partial charge in [0.25, 0.3) is 0 Å². The van der Waals surface area contributed by atoms with Gasteiger partial charge in [0.15, 0.2) is 0 Å². The van der Waals surface area contributed by atoms with Gasteiger partial charge < -0.3 is 0 Å². The van der Waals surface area contributed by atoms with Crippen LogP contribution >= 0.6 is 11.8 Å². The molecule has 0 spiro atoms. The van der Waals surface area contributed by atoms with Gasteiger partial charge in [-0.15, -0.1) is 11.8 Å². The molecule has 0 radical (unpaired) electrons. The van der Waals surface area contributed by atoms with Crippen LogP contribution in [0.5, 0.6) is 0 Å². The molecule has 0 saturated heterocycles. The highest BCUT2D eigenvalue weighted by atomic mass is 32.2. The van der Waals surface area contributed by atoms with Crippen molar-refractivity contribution in [3.8, 4) is 0 Å².